The third-order valence-electron chi connectivity index (χ3n) is 4.62. The van der Waals surface area contributed by atoms with E-state index in [4.69, 9.17) is 9.59 Å². The molecule has 2 aromatic heterocycles. The molecule has 10 heteroatoms. The Morgan fingerprint density at radius 1 is 1.00 bits per heavy atom. The zero-order valence-electron chi connectivity index (χ0n) is 22.8. The zero-order chi connectivity index (χ0) is 29.3. The summed E-state index contributed by atoms with van der Waals surface area (Å²) in [6.07, 6.45) is 8.70. The van der Waals surface area contributed by atoms with Crippen molar-refractivity contribution < 1.29 is 19.2 Å². The van der Waals surface area contributed by atoms with Crippen LogP contribution in [0.2, 0.25) is 0 Å². The molecule has 3 aromatic rings. The number of aromatic nitrogens is 3. The van der Waals surface area contributed by atoms with E-state index in [2.05, 4.69) is 32.4 Å². The Morgan fingerprint density at radius 3 is 2.24 bits per heavy atom. The molecule has 202 valence electrons. The van der Waals surface area contributed by atoms with Crippen LogP contribution in [0.3, 0.4) is 0 Å². The number of hydrogen-bond donors (Lipinski definition) is 3. The van der Waals surface area contributed by atoms with Gasteiger partial charge in [0.1, 0.15) is 13.6 Å². The van der Waals surface area contributed by atoms with E-state index in [0.29, 0.717) is 16.8 Å². The molecule has 0 radical (unpaired) electrons. The number of urea groups is 1. The second-order valence-corrected chi connectivity index (χ2v) is 7.50. The molecule has 3 N–H and O–H groups in total. The van der Waals surface area contributed by atoms with Crippen molar-refractivity contribution >= 4 is 42.1 Å². The molecule has 0 aliphatic heterocycles. The molecule has 0 fully saturated rings. The Kier molecular flexibility index (Phi) is 15.3. The maximum atomic E-state index is 12.9. The number of benzene rings is 1. The lowest BCUT2D eigenvalue weighted by atomic mass is 10.0. The summed E-state index contributed by atoms with van der Waals surface area (Å²) in [6, 6.07) is 7.23. The number of allylic oxidation sites excluding steroid dienone is 4. The van der Waals surface area contributed by atoms with Gasteiger partial charge in [-0.3, -0.25) is 14.9 Å². The van der Waals surface area contributed by atoms with Crippen LogP contribution in [0, 0.1) is 0 Å². The largest absolute Gasteiger partial charge is 0.331 e. The minimum Gasteiger partial charge on any atom is -0.331 e. The van der Waals surface area contributed by atoms with Crippen LogP contribution in [0.5, 0.6) is 0 Å². The molecule has 0 bridgehead atoms. The lowest BCUT2D eigenvalue weighted by Crippen LogP contribution is -2.27. The third-order valence-corrected chi connectivity index (χ3v) is 4.62. The molecule has 0 aliphatic carbocycles. The smallest absolute Gasteiger partial charge is 0.321 e. The summed E-state index contributed by atoms with van der Waals surface area (Å²) in [5.41, 5.74) is 4.78. The summed E-state index contributed by atoms with van der Waals surface area (Å²) < 4.78 is 0. The van der Waals surface area contributed by atoms with Crippen LogP contribution in [0.4, 0.5) is 10.5 Å². The SMILES string of the molecule is C=C(C)/C=C\C(=C/C)NC(=O)c1n[nH]c2ccc(-c3cncc(NC(=O)N(C)C)c3)cc12.C=O.C=O.CC. The Bertz CT molecular complexity index is 1280. The standard InChI is InChI=1S/C24H26N6O2.C2H6.2CH2O/c1-6-18(9-7-15(2)3)26-23(31)22-20-12-16(8-10-21(20)28-29-22)17-11-19(14-25-13-17)27-24(32)30(4)5;3*1-2/h6-14H,2H2,1,3-5H3,(H,26,31)(H,27,32)(H,28,29);1-2H3;2*1H2/b9-7-,18-6+;;;. The van der Waals surface area contributed by atoms with Crippen LogP contribution in [0.25, 0.3) is 22.0 Å². The highest BCUT2D eigenvalue weighted by Gasteiger charge is 2.16. The fourth-order valence-electron chi connectivity index (χ4n) is 2.90. The number of carbonyl (C=O) groups is 4. The molecule has 3 amide bonds. The van der Waals surface area contributed by atoms with Gasteiger partial charge in [0.2, 0.25) is 0 Å². The summed E-state index contributed by atoms with van der Waals surface area (Å²) in [5, 5.41) is 13.4. The van der Waals surface area contributed by atoms with Crippen molar-refractivity contribution in [2.24, 2.45) is 0 Å². The molecule has 1 aromatic carbocycles. The molecule has 38 heavy (non-hydrogen) atoms. The van der Waals surface area contributed by atoms with Gasteiger partial charge in [-0.15, -0.1) is 0 Å². The van der Waals surface area contributed by atoms with Gasteiger partial charge in [-0.2, -0.15) is 5.10 Å². The molecule has 0 unspecified atom stereocenters. The van der Waals surface area contributed by atoms with Crippen LogP contribution < -0.4 is 10.6 Å². The minimum atomic E-state index is -0.321. The van der Waals surface area contributed by atoms with Crippen molar-refractivity contribution in [2.75, 3.05) is 19.4 Å². The number of nitrogens with one attached hydrogen (secondary N) is 3. The summed E-state index contributed by atoms with van der Waals surface area (Å²) in [4.78, 5) is 46.5. The number of pyridine rings is 1. The number of hydrogen-bond acceptors (Lipinski definition) is 6. The topological polar surface area (TPSA) is 137 Å². The second kappa shape index (κ2) is 17.6. The van der Waals surface area contributed by atoms with E-state index >= 15 is 0 Å². The van der Waals surface area contributed by atoms with Gasteiger partial charge in [0.15, 0.2) is 5.69 Å². The van der Waals surface area contributed by atoms with Crippen molar-refractivity contribution in [1.82, 2.24) is 25.4 Å². The quantitative estimate of drug-likeness (QED) is 0.385. The number of nitrogens with zero attached hydrogens (tertiary/aromatic N) is 3. The number of rotatable bonds is 6. The van der Waals surface area contributed by atoms with Gasteiger partial charge in [0, 0.05) is 36.9 Å². The number of aromatic amines is 1. The summed E-state index contributed by atoms with van der Waals surface area (Å²) in [5.74, 6) is -0.321. The summed E-state index contributed by atoms with van der Waals surface area (Å²) in [6.45, 7) is 15.5. The number of fused-ring (bicyclic) bond motifs is 1. The van der Waals surface area contributed by atoms with Gasteiger partial charge >= 0.3 is 6.03 Å². The van der Waals surface area contributed by atoms with Crippen LogP contribution in [-0.2, 0) is 9.59 Å². The number of carbonyl (C=O) groups excluding carboxylic acids is 4. The average molecular weight is 521 g/mol. The minimum absolute atomic E-state index is 0.242. The lowest BCUT2D eigenvalue weighted by Gasteiger charge is -2.12. The molecule has 0 saturated carbocycles. The van der Waals surface area contributed by atoms with Crippen molar-refractivity contribution in [2.45, 2.75) is 27.7 Å². The monoisotopic (exact) mass is 520 g/mol. The van der Waals surface area contributed by atoms with Crippen molar-refractivity contribution in [3.8, 4) is 11.1 Å². The number of amides is 3. The molecule has 0 atom stereocenters. The van der Waals surface area contributed by atoms with Crippen LogP contribution in [-0.4, -0.2) is 59.7 Å². The molecule has 0 saturated heterocycles. The van der Waals surface area contributed by atoms with Gasteiger partial charge in [-0.25, -0.2) is 4.79 Å². The Balaban J connectivity index is 0.00000213. The zero-order valence-corrected chi connectivity index (χ0v) is 22.8. The molecule has 0 spiro atoms. The number of anilines is 1. The first kappa shape index (κ1) is 33.1. The predicted octanol–water partition coefficient (Wildman–Crippen LogP) is 5.14. The highest BCUT2D eigenvalue weighted by molar-refractivity contribution is 6.06. The van der Waals surface area contributed by atoms with E-state index in [1.54, 1.807) is 38.6 Å². The first-order valence-electron chi connectivity index (χ1n) is 11.6. The molecular formula is C28H36N6O4. The highest BCUT2D eigenvalue weighted by atomic mass is 16.2. The maximum absolute atomic E-state index is 12.9. The fraction of sp³-hybridized carbons (Fsp3) is 0.214. The fourth-order valence-corrected chi connectivity index (χ4v) is 2.90. The van der Waals surface area contributed by atoms with Crippen molar-refractivity contribution in [3.63, 3.8) is 0 Å². The summed E-state index contributed by atoms with van der Waals surface area (Å²) in [7, 11) is 3.33. The lowest BCUT2D eigenvalue weighted by molar-refractivity contribution is -0.0987. The number of H-pyrrole nitrogens is 1. The van der Waals surface area contributed by atoms with E-state index in [1.165, 1.54) is 4.90 Å². The Labute approximate surface area is 223 Å². The van der Waals surface area contributed by atoms with E-state index in [-0.39, 0.29) is 17.6 Å². The molecular weight excluding hydrogens is 484 g/mol. The van der Waals surface area contributed by atoms with Crippen molar-refractivity contribution in [3.05, 3.63) is 78.4 Å². The van der Waals surface area contributed by atoms with Crippen molar-refractivity contribution in [1.29, 1.82) is 0 Å². The van der Waals surface area contributed by atoms with Gasteiger partial charge in [-0.1, -0.05) is 44.2 Å². The first-order valence-corrected chi connectivity index (χ1v) is 11.6. The first-order chi connectivity index (χ1) is 18.3. The predicted molar refractivity (Wildman–Crippen MR) is 153 cm³/mol. The van der Waals surface area contributed by atoms with Gasteiger partial charge in [-0.05, 0) is 43.7 Å². The van der Waals surface area contributed by atoms with Crippen LogP contribution in [0.1, 0.15) is 38.2 Å². The van der Waals surface area contributed by atoms with E-state index in [1.807, 2.05) is 71.6 Å². The van der Waals surface area contributed by atoms with Gasteiger partial charge in [0.25, 0.3) is 5.91 Å². The average Bonchev–Trinajstić information content (AvgIpc) is 3.38. The van der Waals surface area contributed by atoms with Crippen LogP contribution in [0.15, 0.2) is 72.7 Å². The van der Waals surface area contributed by atoms with Gasteiger partial charge < -0.3 is 25.1 Å². The maximum Gasteiger partial charge on any atom is 0.321 e. The summed E-state index contributed by atoms with van der Waals surface area (Å²) >= 11 is 0. The van der Waals surface area contributed by atoms with Crippen LogP contribution >= 0.6 is 0 Å². The van der Waals surface area contributed by atoms with E-state index in [0.717, 1.165) is 22.2 Å². The normalized spacial score (nSPS) is 10.1. The van der Waals surface area contributed by atoms with E-state index in [9.17, 15) is 9.59 Å². The second-order valence-electron chi connectivity index (χ2n) is 7.50. The highest BCUT2D eigenvalue weighted by Crippen LogP contribution is 2.26. The molecule has 3 rings (SSSR count). The van der Waals surface area contributed by atoms with Gasteiger partial charge in [0.05, 0.1) is 17.4 Å². The molecule has 10 nitrogen and oxygen atoms in total. The third kappa shape index (κ3) is 9.65. The molecule has 0 aliphatic rings. The Morgan fingerprint density at radius 2 is 1.66 bits per heavy atom. The molecule has 2 heterocycles. The van der Waals surface area contributed by atoms with E-state index < -0.39 is 0 Å². The Hall–Kier alpha value is -4.86.